The maximum absolute atomic E-state index is 12.0. The number of rotatable bonds is 4. The lowest BCUT2D eigenvalue weighted by molar-refractivity contribution is 0.249. The van der Waals surface area contributed by atoms with E-state index in [0.717, 1.165) is 0 Å². The minimum Gasteiger partial charge on any atom is -0.331 e. The highest BCUT2D eigenvalue weighted by Gasteiger charge is 2.14. The van der Waals surface area contributed by atoms with Gasteiger partial charge in [-0.3, -0.25) is 0 Å². The molecule has 23 heavy (non-hydrogen) atoms. The van der Waals surface area contributed by atoms with Crippen molar-refractivity contribution in [2.24, 2.45) is 0 Å². The van der Waals surface area contributed by atoms with Crippen LogP contribution in [0.2, 0.25) is 10.0 Å². The van der Waals surface area contributed by atoms with Crippen LogP contribution < -0.4 is 10.6 Å². The molecule has 3 N–H and O–H groups in total. The monoisotopic (exact) mass is 372 g/mol. The smallest absolute Gasteiger partial charge is 0.319 e. The van der Waals surface area contributed by atoms with Gasteiger partial charge in [0, 0.05) is 5.69 Å². The molecule has 0 aromatic heterocycles. The first-order chi connectivity index (χ1) is 10.9. The summed E-state index contributed by atoms with van der Waals surface area (Å²) >= 11 is 10.0. The van der Waals surface area contributed by atoms with E-state index in [4.69, 9.17) is 27.8 Å². The summed E-state index contributed by atoms with van der Waals surface area (Å²) in [5.74, 6) is 0. The molecule has 0 saturated carbocycles. The number of carbonyl (C=O) groups excluding carboxylic acids is 1. The lowest BCUT2D eigenvalue weighted by Gasteiger charge is -2.17. The minimum absolute atomic E-state index is 0.259. The maximum atomic E-state index is 12.0. The van der Waals surface area contributed by atoms with Gasteiger partial charge in [0.05, 0.1) is 21.0 Å². The van der Waals surface area contributed by atoms with Crippen LogP contribution in [0.4, 0.5) is 10.5 Å². The van der Waals surface area contributed by atoms with E-state index in [1.165, 1.54) is 12.1 Å². The van der Waals surface area contributed by atoms with Crippen molar-refractivity contribution in [1.82, 2.24) is 5.32 Å². The molecule has 1 unspecified atom stereocenters. The van der Waals surface area contributed by atoms with Crippen molar-refractivity contribution in [3.63, 3.8) is 0 Å². The van der Waals surface area contributed by atoms with Gasteiger partial charge in [-0.25, -0.2) is 9.00 Å². The lowest BCUT2D eigenvalue weighted by atomic mass is 10.1. The second kappa shape index (κ2) is 7.79. The molecule has 2 aromatic carbocycles. The molecular weight excluding hydrogens is 359 g/mol. The minimum atomic E-state index is -2.04. The van der Waals surface area contributed by atoms with Crippen LogP contribution in [0.25, 0.3) is 0 Å². The van der Waals surface area contributed by atoms with E-state index in [-0.39, 0.29) is 10.9 Å². The number of halogens is 2. The van der Waals surface area contributed by atoms with E-state index in [9.17, 15) is 9.00 Å². The van der Waals surface area contributed by atoms with Crippen LogP contribution in [0.5, 0.6) is 0 Å². The Balaban J connectivity index is 2.01. The highest BCUT2D eigenvalue weighted by atomic mass is 35.5. The number of carbonyl (C=O) groups is 1. The van der Waals surface area contributed by atoms with Crippen molar-refractivity contribution in [2.75, 3.05) is 5.32 Å². The van der Waals surface area contributed by atoms with Crippen LogP contribution in [0.15, 0.2) is 47.4 Å². The highest BCUT2D eigenvalue weighted by Crippen LogP contribution is 2.29. The Morgan fingerprint density at radius 2 is 1.83 bits per heavy atom. The summed E-state index contributed by atoms with van der Waals surface area (Å²) in [6, 6.07) is 10.5. The van der Waals surface area contributed by atoms with Crippen molar-refractivity contribution >= 4 is 46.0 Å². The van der Waals surface area contributed by atoms with Gasteiger partial charge in [0.15, 0.2) is 11.1 Å². The van der Waals surface area contributed by atoms with E-state index >= 15 is 0 Å². The largest absolute Gasteiger partial charge is 0.331 e. The molecule has 0 spiro atoms. The van der Waals surface area contributed by atoms with Crippen molar-refractivity contribution in [2.45, 2.75) is 17.9 Å². The predicted octanol–water partition coefficient (Wildman–Crippen LogP) is 4.46. The molecule has 0 aliphatic carbocycles. The summed E-state index contributed by atoms with van der Waals surface area (Å²) in [5.41, 5.74) is 1.21. The standard InChI is InChI=1S/C15H14Cl2N2O3S/c1-9(12-3-2-4-13(16)14(12)17)18-15(20)19-10-5-7-11(8-6-10)23(21)22/h2-9H,1H3,(H,21,22)(H2,18,19,20)/t9-/m0/s1. The zero-order valence-corrected chi connectivity index (χ0v) is 14.4. The van der Waals surface area contributed by atoms with Crippen LogP contribution >= 0.6 is 23.2 Å². The zero-order valence-electron chi connectivity index (χ0n) is 12.0. The van der Waals surface area contributed by atoms with Crippen LogP contribution in [-0.4, -0.2) is 14.8 Å². The average Bonchev–Trinajstić information content (AvgIpc) is 2.50. The first kappa shape index (κ1) is 17.7. The number of amides is 2. The van der Waals surface area contributed by atoms with Gasteiger partial charge < -0.3 is 15.2 Å². The van der Waals surface area contributed by atoms with Crippen LogP contribution in [0.1, 0.15) is 18.5 Å². The van der Waals surface area contributed by atoms with E-state index in [1.807, 2.05) is 0 Å². The number of hydrogen-bond acceptors (Lipinski definition) is 2. The first-order valence-electron chi connectivity index (χ1n) is 6.61. The topological polar surface area (TPSA) is 78.4 Å². The molecule has 0 aliphatic heterocycles. The number of benzene rings is 2. The van der Waals surface area contributed by atoms with Gasteiger partial charge in [-0.15, -0.1) is 0 Å². The fourth-order valence-electron chi connectivity index (χ4n) is 1.95. The van der Waals surface area contributed by atoms with Crippen molar-refractivity contribution in [1.29, 1.82) is 0 Å². The quantitative estimate of drug-likeness (QED) is 0.693. The molecule has 2 atom stereocenters. The van der Waals surface area contributed by atoms with Gasteiger partial charge in [-0.1, -0.05) is 35.3 Å². The molecule has 0 heterocycles. The van der Waals surface area contributed by atoms with Crippen LogP contribution in [-0.2, 0) is 11.1 Å². The Bertz CT molecular complexity index is 738. The van der Waals surface area contributed by atoms with Gasteiger partial charge in [0.2, 0.25) is 0 Å². The summed E-state index contributed by atoms with van der Waals surface area (Å²) < 4.78 is 19.8. The van der Waals surface area contributed by atoms with Gasteiger partial charge in [0.25, 0.3) is 0 Å². The first-order valence-corrected chi connectivity index (χ1v) is 8.47. The molecule has 0 bridgehead atoms. The fourth-order valence-corrected chi connectivity index (χ4v) is 2.79. The summed E-state index contributed by atoms with van der Waals surface area (Å²) in [6.07, 6.45) is 0. The SMILES string of the molecule is C[C@H](NC(=O)Nc1ccc(S(=O)O)cc1)c1cccc(Cl)c1Cl. The Hall–Kier alpha value is -1.60. The van der Waals surface area contributed by atoms with Crippen LogP contribution in [0.3, 0.4) is 0 Å². The Kier molecular flexibility index (Phi) is 6.01. The molecule has 8 heteroatoms. The van der Waals surface area contributed by atoms with Crippen molar-refractivity contribution in [3.05, 3.63) is 58.1 Å². The third-order valence-corrected chi connectivity index (χ3v) is 4.62. The number of urea groups is 1. The van der Waals surface area contributed by atoms with E-state index in [1.54, 1.807) is 37.3 Å². The van der Waals surface area contributed by atoms with Crippen molar-refractivity contribution in [3.8, 4) is 0 Å². The molecule has 5 nitrogen and oxygen atoms in total. The molecular formula is C15H14Cl2N2O3S. The molecule has 0 fully saturated rings. The fraction of sp³-hybridized carbons (Fsp3) is 0.133. The van der Waals surface area contributed by atoms with Gasteiger partial charge in [-0.05, 0) is 42.8 Å². The van der Waals surface area contributed by atoms with E-state index < -0.39 is 17.1 Å². The number of anilines is 1. The molecule has 0 aliphatic rings. The summed E-state index contributed by atoms with van der Waals surface area (Å²) in [7, 11) is 0. The number of nitrogens with one attached hydrogen (secondary N) is 2. The summed E-state index contributed by atoms with van der Waals surface area (Å²) in [4.78, 5) is 12.3. The molecule has 0 radical (unpaired) electrons. The average molecular weight is 373 g/mol. The van der Waals surface area contributed by atoms with Crippen LogP contribution in [0, 0.1) is 0 Å². The lowest BCUT2D eigenvalue weighted by Crippen LogP contribution is -2.31. The van der Waals surface area contributed by atoms with Gasteiger partial charge >= 0.3 is 6.03 Å². The normalized spacial score (nSPS) is 13.2. The maximum Gasteiger partial charge on any atom is 0.319 e. The summed E-state index contributed by atoms with van der Waals surface area (Å²) in [6.45, 7) is 1.79. The second-order valence-electron chi connectivity index (χ2n) is 4.74. The third kappa shape index (κ3) is 4.68. The summed E-state index contributed by atoms with van der Waals surface area (Å²) in [5, 5.41) is 6.21. The predicted molar refractivity (Wildman–Crippen MR) is 92.5 cm³/mol. The third-order valence-electron chi connectivity index (χ3n) is 3.11. The second-order valence-corrected chi connectivity index (χ2v) is 6.49. The Labute approximate surface area is 146 Å². The van der Waals surface area contributed by atoms with Gasteiger partial charge in [-0.2, -0.15) is 0 Å². The number of hydrogen-bond donors (Lipinski definition) is 3. The van der Waals surface area contributed by atoms with E-state index in [2.05, 4.69) is 10.6 Å². The van der Waals surface area contributed by atoms with Gasteiger partial charge in [0.1, 0.15) is 0 Å². The molecule has 2 amide bonds. The molecule has 122 valence electrons. The van der Waals surface area contributed by atoms with Crippen molar-refractivity contribution < 1.29 is 13.6 Å². The highest BCUT2D eigenvalue weighted by molar-refractivity contribution is 7.79. The Morgan fingerprint density at radius 3 is 2.43 bits per heavy atom. The molecule has 0 saturated heterocycles. The molecule has 2 aromatic rings. The van der Waals surface area contributed by atoms with E-state index in [0.29, 0.717) is 21.3 Å². The Morgan fingerprint density at radius 1 is 1.17 bits per heavy atom. The zero-order chi connectivity index (χ0) is 17.0. The molecule has 2 rings (SSSR count).